The predicted octanol–water partition coefficient (Wildman–Crippen LogP) is 3.18. The molecule has 0 radical (unpaired) electrons. The standard InChI is InChI=1S/C25H35N3O3/c1-5-31-23-9-7-21(8-10-23)17-26(3)25(29)19-28-14-12-27(13-15-28)18-22-16-20(2)6-11-24(22)30-4/h6-11,16H,5,12-15,17-19H2,1-4H3. The number of ether oxygens (including phenoxy) is 2. The molecule has 1 aliphatic heterocycles. The van der Waals surface area contributed by atoms with Crippen molar-refractivity contribution in [3.63, 3.8) is 0 Å². The number of likely N-dealkylation sites (N-methyl/N-ethyl adjacent to an activating group) is 1. The maximum Gasteiger partial charge on any atom is 0.236 e. The van der Waals surface area contributed by atoms with Gasteiger partial charge in [0.1, 0.15) is 11.5 Å². The van der Waals surface area contributed by atoms with Crippen LogP contribution in [-0.4, -0.2) is 74.1 Å². The Hall–Kier alpha value is -2.57. The summed E-state index contributed by atoms with van der Waals surface area (Å²) in [6, 6.07) is 14.3. The first kappa shape index (κ1) is 23.1. The molecular weight excluding hydrogens is 390 g/mol. The summed E-state index contributed by atoms with van der Waals surface area (Å²) < 4.78 is 11.0. The highest BCUT2D eigenvalue weighted by Gasteiger charge is 2.21. The molecule has 0 atom stereocenters. The largest absolute Gasteiger partial charge is 0.496 e. The molecule has 2 aromatic carbocycles. The fourth-order valence-corrected chi connectivity index (χ4v) is 3.91. The fraction of sp³-hybridized carbons (Fsp3) is 0.480. The lowest BCUT2D eigenvalue weighted by Crippen LogP contribution is -2.49. The van der Waals surface area contributed by atoms with E-state index in [1.54, 1.807) is 12.0 Å². The third-order valence-corrected chi connectivity index (χ3v) is 5.73. The summed E-state index contributed by atoms with van der Waals surface area (Å²) in [5.41, 5.74) is 3.58. The van der Waals surface area contributed by atoms with Crippen molar-refractivity contribution in [1.29, 1.82) is 0 Å². The van der Waals surface area contributed by atoms with E-state index in [2.05, 4.69) is 28.9 Å². The van der Waals surface area contributed by atoms with Crippen molar-refractivity contribution in [2.45, 2.75) is 26.9 Å². The second-order valence-corrected chi connectivity index (χ2v) is 8.19. The van der Waals surface area contributed by atoms with Crippen LogP contribution in [0.15, 0.2) is 42.5 Å². The molecule has 1 amide bonds. The quantitative estimate of drug-likeness (QED) is 0.618. The number of amides is 1. The van der Waals surface area contributed by atoms with Crippen molar-refractivity contribution in [3.8, 4) is 11.5 Å². The zero-order chi connectivity index (χ0) is 22.2. The van der Waals surface area contributed by atoms with Crippen LogP contribution in [0.3, 0.4) is 0 Å². The number of methoxy groups -OCH3 is 1. The zero-order valence-corrected chi connectivity index (χ0v) is 19.3. The molecular formula is C25H35N3O3. The van der Waals surface area contributed by atoms with Crippen LogP contribution in [0.4, 0.5) is 0 Å². The minimum Gasteiger partial charge on any atom is -0.496 e. The van der Waals surface area contributed by atoms with Gasteiger partial charge >= 0.3 is 0 Å². The summed E-state index contributed by atoms with van der Waals surface area (Å²) in [5, 5.41) is 0. The fourth-order valence-electron chi connectivity index (χ4n) is 3.91. The van der Waals surface area contributed by atoms with Crippen LogP contribution >= 0.6 is 0 Å². The topological polar surface area (TPSA) is 45.2 Å². The minimum atomic E-state index is 0.155. The smallest absolute Gasteiger partial charge is 0.236 e. The second-order valence-electron chi connectivity index (χ2n) is 8.19. The van der Waals surface area contributed by atoms with Crippen LogP contribution in [0.2, 0.25) is 0 Å². The molecule has 1 heterocycles. The normalized spacial score (nSPS) is 15.0. The van der Waals surface area contributed by atoms with E-state index in [9.17, 15) is 4.79 Å². The lowest BCUT2D eigenvalue weighted by molar-refractivity contribution is -0.132. The van der Waals surface area contributed by atoms with Gasteiger partial charge in [0.2, 0.25) is 5.91 Å². The van der Waals surface area contributed by atoms with Crippen molar-refractivity contribution in [2.24, 2.45) is 0 Å². The predicted molar refractivity (Wildman–Crippen MR) is 124 cm³/mol. The molecule has 0 saturated carbocycles. The first-order valence-electron chi connectivity index (χ1n) is 11.0. The molecule has 6 heteroatoms. The molecule has 168 valence electrons. The number of benzene rings is 2. The van der Waals surface area contributed by atoms with Crippen molar-refractivity contribution in [3.05, 3.63) is 59.2 Å². The summed E-state index contributed by atoms with van der Waals surface area (Å²) in [7, 11) is 3.60. The van der Waals surface area contributed by atoms with Gasteiger partial charge in [-0.05, 0) is 37.6 Å². The molecule has 2 aromatic rings. The van der Waals surface area contributed by atoms with Crippen molar-refractivity contribution in [2.75, 3.05) is 53.5 Å². The first-order valence-corrected chi connectivity index (χ1v) is 11.0. The van der Waals surface area contributed by atoms with E-state index in [0.29, 0.717) is 19.7 Å². The molecule has 6 nitrogen and oxygen atoms in total. The lowest BCUT2D eigenvalue weighted by Gasteiger charge is -2.35. The molecule has 31 heavy (non-hydrogen) atoms. The van der Waals surface area contributed by atoms with Crippen LogP contribution in [-0.2, 0) is 17.9 Å². The number of carbonyl (C=O) groups excluding carboxylic acids is 1. The number of hydrogen-bond donors (Lipinski definition) is 0. The average molecular weight is 426 g/mol. The van der Waals surface area contributed by atoms with Gasteiger partial charge in [-0.3, -0.25) is 14.6 Å². The Bertz CT molecular complexity index is 846. The number of hydrogen-bond acceptors (Lipinski definition) is 5. The molecule has 0 unspecified atom stereocenters. The van der Waals surface area contributed by atoms with Gasteiger partial charge in [-0.25, -0.2) is 0 Å². The van der Waals surface area contributed by atoms with E-state index >= 15 is 0 Å². The SMILES string of the molecule is CCOc1ccc(CN(C)C(=O)CN2CCN(Cc3cc(C)ccc3OC)CC2)cc1. The molecule has 0 aromatic heterocycles. The number of carbonyl (C=O) groups is 1. The third kappa shape index (κ3) is 6.71. The highest BCUT2D eigenvalue weighted by atomic mass is 16.5. The van der Waals surface area contributed by atoms with Crippen molar-refractivity contribution in [1.82, 2.24) is 14.7 Å². The van der Waals surface area contributed by atoms with Gasteiger partial charge in [0.25, 0.3) is 0 Å². The Labute approximate surface area is 186 Å². The molecule has 0 spiro atoms. The van der Waals surface area contributed by atoms with E-state index in [4.69, 9.17) is 9.47 Å². The van der Waals surface area contributed by atoms with Crippen LogP contribution < -0.4 is 9.47 Å². The summed E-state index contributed by atoms with van der Waals surface area (Å²) in [6.07, 6.45) is 0. The summed E-state index contributed by atoms with van der Waals surface area (Å²) >= 11 is 0. The Morgan fingerprint density at radius 1 is 1.03 bits per heavy atom. The number of rotatable bonds is 9. The highest BCUT2D eigenvalue weighted by molar-refractivity contribution is 5.78. The van der Waals surface area contributed by atoms with E-state index in [1.165, 1.54) is 11.1 Å². The number of nitrogens with zero attached hydrogens (tertiary/aromatic N) is 3. The van der Waals surface area contributed by atoms with Gasteiger partial charge in [0, 0.05) is 51.9 Å². The Morgan fingerprint density at radius 3 is 2.35 bits per heavy atom. The van der Waals surface area contributed by atoms with Gasteiger partial charge in [0.15, 0.2) is 0 Å². The Balaban J connectivity index is 1.44. The molecule has 1 aliphatic rings. The van der Waals surface area contributed by atoms with Gasteiger partial charge < -0.3 is 14.4 Å². The van der Waals surface area contributed by atoms with E-state index in [-0.39, 0.29) is 5.91 Å². The molecule has 0 aliphatic carbocycles. The Morgan fingerprint density at radius 2 is 1.71 bits per heavy atom. The van der Waals surface area contributed by atoms with E-state index in [0.717, 1.165) is 49.8 Å². The lowest BCUT2D eigenvalue weighted by atomic mass is 10.1. The van der Waals surface area contributed by atoms with E-state index < -0.39 is 0 Å². The summed E-state index contributed by atoms with van der Waals surface area (Å²) in [4.78, 5) is 19.2. The van der Waals surface area contributed by atoms with E-state index in [1.807, 2.05) is 44.3 Å². The molecule has 0 bridgehead atoms. The van der Waals surface area contributed by atoms with Gasteiger partial charge in [-0.2, -0.15) is 0 Å². The van der Waals surface area contributed by atoms with Gasteiger partial charge in [0.05, 0.1) is 20.3 Å². The van der Waals surface area contributed by atoms with Crippen molar-refractivity contribution < 1.29 is 14.3 Å². The average Bonchev–Trinajstić information content (AvgIpc) is 2.77. The molecule has 3 rings (SSSR count). The van der Waals surface area contributed by atoms with Gasteiger partial charge in [-0.1, -0.05) is 29.8 Å². The minimum absolute atomic E-state index is 0.155. The molecule has 0 N–H and O–H groups in total. The first-order chi connectivity index (χ1) is 15.0. The maximum absolute atomic E-state index is 12.7. The van der Waals surface area contributed by atoms with Crippen LogP contribution in [0.5, 0.6) is 11.5 Å². The summed E-state index contributed by atoms with van der Waals surface area (Å²) in [6.45, 7) is 10.4. The molecule has 1 saturated heterocycles. The number of piperazine rings is 1. The van der Waals surface area contributed by atoms with Crippen LogP contribution in [0, 0.1) is 6.92 Å². The highest BCUT2D eigenvalue weighted by Crippen LogP contribution is 2.22. The second kappa shape index (κ2) is 11.2. The Kier molecular flexibility index (Phi) is 8.32. The number of aryl methyl sites for hydroxylation is 1. The monoisotopic (exact) mass is 425 g/mol. The van der Waals surface area contributed by atoms with Gasteiger partial charge in [-0.15, -0.1) is 0 Å². The molecule has 1 fully saturated rings. The maximum atomic E-state index is 12.7. The summed E-state index contributed by atoms with van der Waals surface area (Å²) in [5.74, 6) is 1.96. The zero-order valence-electron chi connectivity index (χ0n) is 19.3. The third-order valence-electron chi connectivity index (χ3n) is 5.73. The van der Waals surface area contributed by atoms with Crippen molar-refractivity contribution >= 4 is 5.91 Å². The van der Waals surface area contributed by atoms with Crippen LogP contribution in [0.25, 0.3) is 0 Å². The van der Waals surface area contributed by atoms with Crippen LogP contribution in [0.1, 0.15) is 23.6 Å².